The summed E-state index contributed by atoms with van der Waals surface area (Å²) in [6.07, 6.45) is 7.40. The lowest BCUT2D eigenvalue weighted by atomic mass is 9.97. The molecule has 1 atom stereocenters. The van der Waals surface area contributed by atoms with E-state index in [-0.39, 0.29) is 16.9 Å². The van der Waals surface area contributed by atoms with E-state index in [4.69, 9.17) is 9.47 Å². The summed E-state index contributed by atoms with van der Waals surface area (Å²) in [5, 5.41) is 11.2. The Balaban J connectivity index is 1.75. The highest BCUT2D eigenvalue weighted by Gasteiger charge is 2.46. The van der Waals surface area contributed by atoms with Gasteiger partial charge in [0.1, 0.15) is 23.3 Å². The molecule has 170 valence electrons. The van der Waals surface area contributed by atoms with Gasteiger partial charge in [0.05, 0.1) is 37.4 Å². The number of benzene rings is 1. The number of aliphatic hydroxyl groups is 1. The number of pyridine rings is 1. The van der Waals surface area contributed by atoms with Gasteiger partial charge >= 0.3 is 0 Å². The summed E-state index contributed by atoms with van der Waals surface area (Å²) in [5.74, 6) is -0.905. The SMILES string of the molecule is COc1ccc(/C(O)=C2\C(=O)C(=O)N(CCCn3ccnc3)[C@H]2c2ccccn2)c(OC)c1. The number of likely N-dealkylation sites (tertiary alicyclic amines) is 1. The van der Waals surface area contributed by atoms with Crippen LogP contribution >= 0.6 is 0 Å². The first-order valence-corrected chi connectivity index (χ1v) is 10.4. The topological polar surface area (TPSA) is 107 Å². The number of carbonyl (C=O) groups is 2. The maximum atomic E-state index is 13.1. The second-order valence-electron chi connectivity index (χ2n) is 7.47. The molecule has 1 aliphatic rings. The number of aryl methyl sites for hydroxylation is 1. The van der Waals surface area contributed by atoms with Crippen LogP contribution in [0.2, 0.25) is 0 Å². The maximum Gasteiger partial charge on any atom is 0.295 e. The Hall–Kier alpha value is -4.14. The molecule has 1 N–H and O–H groups in total. The van der Waals surface area contributed by atoms with E-state index in [1.54, 1.807) is 55.1 Å². The summed E-state index contributed by atoms with van der Waals surface area (Å²) < 4.78 is 12.5. The number of ether oxygens (including phenoxy) is 2. The van der Waals surface area contributed by atoms with Gasteiger partial charge in [0.2, 0.25) is 0 Å². The van der Waals surface area contributed by atoms with E-state index in [1.165, 1.54) is 19.1 Å². The summed E-state index contributed by atoms with van der Waals surface area (Å²) in [6, 6.07) is 9.29. The summed E-state index contributed by atoms with van der Waals surface area (Å²) in [5.41, 5.74) is 0.758. The Morgan fingerprint density at radius 2 is 1.94 bits per heavy atom. The van der Waals surface area contributed by atoms with E-state index in [1.807, 2.05) is 10.8 Å². The van der Waals surface area contributed by atoms with Crippen LogP contribution < -0.4 is 9.47 Å². The van der Waals surface area contributed by atoms with Crippen LogP contribution in [-0.4, -0.2) is 57.0 Å². The highest BCUT2D eigenvalue weighted by molar-refractivity contribution is 6.46. The van der Waals surface area contributed by atoms with E-state index in [9.17, 15) is 14.7 Å². The summed E-state index contributed by atoms with van der Waals surface area (Å²) >= 11 is 0. The van der Waals surface area contributed by atoms with Crippen molar-refractivity contribution in [2.75, 3.05) is 20.8 Å². The van der Waals surface area contributed by atoms with E-state index >= 15 is 0 Å². The third kappa shape index (κ3) is 4.30. The van der Waals surface area contributed by atoms with Crippen molar-refractivity contribution >= 4 is 17.4 Å². The van der Waals surface area contributed by atoms with Gasteiger partial charge in [0.25, 0.3) is 11.7 Å². The highest BCUT2D eigenvalue weighted by atomic mass is 16.5. The Kier molecular flexibility index (Phi) is 6.39. The molecule has 1 aliphatic heterocycles. The number of imidazole rings is 1. The number of hydrogen-bond donors (Lipinski definition) is 1. The molecule has 9 nitrogen and oxygen atoms in total. The molecular formula is C24H24N4O5. The average Bonchev–Trinajstić information content (AvgIpc) is 3.46. The molecular weight excluding hydrogens is 424 g/mol. The number of rotatable bonds is 8. The van der Waals surface area contributed by atoms with Crippen molar-refractivity contribution in [1.29, 1.82) is 0 Å². The molecule has 1 aromatic carbocycles. The third-order valence-electron chi connectivity index (χ3n) is 5.55. The van der Waals surface area contributed by atoms with Gasteiger partial charge in [-0.25, -0.2) is 4.98 Å². The van der Waals surface area contributed by atoms with Crippen molar-refractivity contribution in [2.45, 2.75) is 19.0 Å². The highest BCUT2D eigenvalue weighted by Crippen LogP contribution is 2.40. The van der Waals surface area contributed by atoms with Crippen LogP contribution in [0.15, 0.2) is 66.9 Å². The first-order valence-electron chi connectivity index (χ1n) is 10.4. The zero-order chi connectivity index (χ0) is 23.4. The lowest BCUT2D eigenvalue weighted by Crippen LogP contribution is -2.31. The largest absolute Gasteiger partial charge is 0.507 e. The monoisotopic (exact) mass is 448 g/mol. The van der Waals surface area contributed by atoms with Gasteiger partial charge in [-0.15, -0.1) is 0 Å². The summed E-state index contributed by atoms with van der Waals surface area (Å²) in [7, 11) is 2.97. The van der Waals surface area contributed by atoms with Crippen molar-refractivity contribution in [3.8, 4) is 11.5 Å². The molecule has 0 unspecified atom stereocenters. The number of Topliss-reactive ketones (excluding diaryl/α,β-unsaturated/α-hetero) is 1. The first kappa shape index (κ1) is 22.1. The van der Waals surface area contributed by atoms with Crippen LogP contribution in [0, 0.1) is 0 Å². The number of hydrogen-bond acceptors (Lipinski definition) is 7. The Bertz CT molecular complexity index is 1170. The molecule has 1 fully saturated rings. The second-order valence-corrected chi connectivity index (χ2v) is 7.47. The number of carbonyl (C=O) groups excluding carboxylic acids is 2. The fraction of sp³-hybridized carbons (Fsp3) is 0.250. The molecule has 0 spiro atoms. The molecule has 0 saturated carbocycles. The van der Waals surface area contributed by atoms with Crippen LogP contribution in [0.1, 0.15) is 23.7 Å². The van der Waals surface area contributed by atoms with Crippen LogP contribution in [0.3, 0.4) is 0 Å². The van der Waals surface area contributed by atoms with Crippen molar-refractivity contribution in [2.24, 2.45) is 0 Å². The molecule has 0 bridgehead atoms. The predicted octanol–water partition coefficient (Wildman–Crippen LogP) is 2.81. The normalized spacial score (nSPS) is 17.4. The fourth-order valence-electron chi connectivity index (χ4n) is 3.94. The van der Waals surface area contributed by atoms with Gasteiger partial charge in [0, 0.05) is 37.7 Å². The smallest absolute Gasteiger partial charge is 0.295 e. The number of methoxy groups -OCH3 is 2. The van der Waals surface area contributed by atoms with E-state index in [0.717, 1.165) is 0 Å². The molecule has 0 aliphatic carbocycles. The lowest BCUT2D eigenvalue weighted by Gasteiger charge is -2.24. The van der Waals surface area contributed by atoms with E-state index in [0.29, 0.717) is 36.7 Å². The Morgan fingerprint density at radius 1 is 1.09 bits per heavy atom. The van der Waals surface area contributed by atoms with Gasteiger partial charge in [0.15, 0.2) is 0 Å². The minimum absolute atomic E-state index is 0.0233. The fourth-order valence-corrected chi connectivity index (χ4v) is 3.94. The van der Waals surface area contributed by atoms with Crippen LogP contribution in [0.4, 0.5) is 0 Å². The summed E-state index contributed by atoms with van der Waals surface area (Å²) in [4.78, 5) is 36.0. The van der Waals surface area contributed by atoms with Gasteiger partial charge in [-0.2, -0.15) is 0 Å². The molecule has 2 aromatic heterocycles. The zero-order valence-electron chi connectivity index (χ0n) is 18.3. The number of ketones is 1. The Labute approximate surface area is 190 Å². The maximum absolute atomic E-state index is 13.1. The lowest BCUT2D eigenvalue weighted by molar-refractivity contribution is -0.140. The number of nitrogens with zero attached hydrogens (tertiary/aromatic N) is 4. The molecule has 3 heterocycles. The van der Waals surface area contributed by atoms with E-state index in [2.05, 4.69) is 9.97 Å². The van der Waals surface area contributed by atoms with E-state index < -0.39 is 17.7 Å². The Morgan fingerprint density at radius 3 is 2.61 bits per heavy atom. The third-order valence-corrected chi connectivity index (χ3v) is 5.55. The predicted molar refractivity (Wildman–Crippen MR) is 120 cm³/mol. The van der Waals surface area contributed by atoms with Gasteiger partial charge in [-0.3, -0.25) is 14.6 Å². The minimum atomic E-state index is -0.819. The molecule has 1 saturated heterocycles. The number of amides is 1. The minimum Gasteiger partial charge on any atom is -0.507 e. The molecule has 9 heteroatoms. The molecule has 1 amide bonds. The van der Waals surface area contributed by atoms with Crippen molar-refractivity contribution in [1.82, 2.24) is 19.4 Å². The van der Waals surface area contributed by atoms with Crippen molar-refractivity contribution in [3.05, 3.63) is 78.1 Å². The molecule has 3 aromatic rings. The molecule has 4 rings (SSSR count). The van der Waals surface area contributed by atoms with Crippen molar-refractivity contribution < 1.29 is 24.2 Å². The second kappa shape index (κ2) is 9.56. The van der Waals surface area contributed by atoms with Gasteiger partial charge < -0.3 is 24.0 Å². The quantitative estimate of drug-likeness (QED) is 0.321. The van der Waals surface area contributed by atoms with Crippen LogP contribution in [0.25, 0.3) is 5.76 Å². The standard InChI is InChI=1S/C24H24N4O5/c1-32-16-7-8-17(19(14-16)33-2)22(29)20-21(18-6-3-4-9-26-18)28(24(31)23(20)30)12-5-11-27-13-10-25-15-27/h3-4,6-10,13-15,21,29H,5,11-12H2,1-2H3/b22-20+/t21-/m0/s1. The molecule has 0 radical (unpaired) electrons. The summed E-state index contributed by atoms with van der Waals surface area (Å²) in [6.45, 7) is 0.935. The average molecular weight is 448 g/mol. The van der Waals surface area contributed by atoms with Gasteiger partial charge in [-0.05, 0) is 30.7 Å². The molecule has 33 heavy (non-hydrogen) atoms. The van der Waals surface area contributed by atoms with Crippen LogP contribution in [0.5, 0.6) is 11.5 Å². The number of aromatic nitrogens is 3. The number of aliphatic hydroxyl groups excluding tert-OH is 1. The zero-order valence-corrected chi connectivity index (χ0v) is 18.3. The van der Waals surface area contributed by atoms with Gasteiger partial charge in [-0.1, -0.05) is 6.07 Å². The van der Waals surface area contributed by atoms with Crippen LogP contribution in [-0.2, 0) is 16.1 Å². The first-order chi connectivity index (χ1) is 16.0. The van der Waals surface area contributed by atoms with Crippen molar-refractivity contribution in [3.63, 3.8) is 0 Å².